The van der Waals surface area contributed by atoms with Crippen LogP contribution in [0.1, 0.15) is 52.1 Å². The molecule has 0 atom stereocenters. The molecule has 1 aliphatic rings. The largest absolute Gasteiger partial charge is 0.343 e. The fourth-order valence-electron chi connectivity index (χ4n) is 3.25. The molecule has 0 fully saturated rings. The van der Waals surface area contributed by atoms with Crippen LogP contribution < -0.4 is 0 Å². The Morgan fingerprint density at radius 3 is 2.56 bits per heavy atom. The number of hydrogen-bond acceptors (Lipinski definition) is 2. The van der Waals surface area contributed by atoms with E-state index in [0.29, 0.717) is 30.8 Å². The number of rotatable bonds is 7. The van der Waals surface area contributed by atoms with Crippen molar-refractivity contribution < 1.29 is 9.59 Å². The summed E-state index contributed by atoms with van der Waals surface area (Å²) >= 11 is 3.44. The molecule has 0 N–H and O–H groups in total. The Kier molecular flexibility index (Phi) is 6.08. The van der Waals surface area contributed by atoms with Crippen molar-refractivity contribution in [2.24, 2.45) is 0 Å². The second-order valence-corrected chi connectivity index (χ2v) is 7.20. The highest BCUT2D eigenvalue weighted by Crippen LogP contribution is 2.22. The molecule has 0 saturated heterocycles. The molecular formula is C20H23BrN2O2. The van der Waals surface area contributed by atoms with Gasteiger partial charge in [-0.05, 0) is 24.5 Å². The lowest BCUT2D eigenvalue weighted by atomic mass is 10.1. The molecule has 1 aliphatic heterocycles. The van der Waals surface area contributed by atoms with E-state index in [2.05, 4.69) is 15.9 Å². The van der Waals surface area contributed by atoms with E-state index in [1.54, 1.807) is 4.90 Å². The van der Waals surface area contributed by atoms with Crippen molar-refractivity contribution in [1.29, 1.82) is 0 Å². The van der Waals surface area contributed by atoms with Gasteiger partial charge in [0.15, 0.2) is 5.78 Å². The van der Waals surface area contributed by atoms with E-state index in [-0.39, 0.29) is 11.7 Å². The summed E-state index contributed by atoms with van der Waals surface area (Å²) in [4.78, 5) is 27.3. The summed E-state index contributed by atoms with van der Waals surface area (Å²) in [5, 5.41) is 0.999. The van der Waals surface area contributed by atoms with Crippen LogP contribution >= 0.6 is 15.9 Å². The molecule has 5 heteroatoms. The second kappa shape index (κ2) is 8.48. The Hall–Kier alpha value is -1.88. The van der Waals surface area contributed by atoms with Crippen LogP contribution in [0, 0.1) is 0 Å². The van der Waals surface area contributed by atoms with Crippen molar-refractivity contribution in [3.05, 3.63) is 59.4 Å². The monoisotopic (exact) mass is 402 g/mol. The maximum atomic E-state index is 13.1. The van der Waals surface area contributed by atoms with Crippen LogP contribution in [0.2, 0.25) is 0 Å². The first-order valence-electron chi connectivity index (χ1n) is 8.82. The molecule has 1 amide bonds. The summed E-state index contributed by atoms with van der Waals surface area (Å²) in [7, 11) is 0. The van der Waals surface area contributed by atoms with Crippen LogP contribution in [-0.4, -0.2) is 33.0 Å². The highest BCUT2D eigenvalue weighted by Gasteiger charge is 2.29. The van der Waals surface area contributed by atoms with Gasteiger partial charge in [-0.25, -0.2) is 0 Å². The van der Waals surface area contributed by atoms with E-state index in [1.165, 1.54) is 0 Å². The standard InChI is InChI=1S/C20H23BrN2O2/c21-11-5-2-6-12-22-13-9-17-18(24)10-14-23(20(25)19(17)22)15-16-7-3-1-4-8-16/h1,3-4,7-9,13H,2,5-6,10-12,14-15H2. The van der Waals surface area contributed by atoms with Gasteiger partial charge in [-0.3, -0.25) is 9.59 Å². The maximum Gasteiger partial charge on any atom is 0.271 e. The topological polar surface area (TPSA) is 42.3 Å². The summed E-state index contributed by atoms with van der Waals surface area (Å²) < 4.78 is 1.97. The summed E-state index contributed by atoms with van der Waals surface area (Å²) in [6.07, 6.45) is 5.51. The average Bonchev–Trinajstić information content (AvgIpc) is 3.01. The van der Waals surface area contributed by atoms with Gasteiger partial charge in [-0.15, -0.1) is 0 Å². The molecule has 0 aliphatic carbocycles. The first kappa shape index (κ1) is 17.9. The van der Waals surface area contributed by atoms with Gasteiger partial charge in [-0.2, -0.15) is 0 Å². The van der Waals surface area contributed by atoms with Crippen molar-refractivity contribution in [1.82, 2.24) is 9.47 Å². The predicted octanol–water partition coefficient (Wildman–Crippen LogP) is 4.28. The highest BCUT2D eigenvalue weighted by atomic mass is 79.9. The van der Waals surface area contributed by atoms with Crippen LogP contribution in [0.5, 0.6) is 0 Å². The molecule has 132 valence electrons. The zero-order valence-electron chi connectivity index (χ0n) is 14.3. The average molecular weight is 403 g/mol. The smallest absolute Gasteiger partial charge is 0.271 e. The molecule has 1 aromatic carbocycles. The molecule has 25 heavy (non-hydrogen) atoms. The van der Waals surface area contributed by atoms with Crippen molar-refractivity contribution in [3.8, 4) is 0 Å². The summed E-state index contributed by atoms with van der Waals surface area (Å²) in [5.74, 6) is 0.0355. The van der Waals surface area contributed by atoms with Gasteiger partial charge in [0.1, 0.15) is 5.69 Å². The van der Waals surface area contributed by atoms with E-state index in [4.69, 9.17) is 0 Å². The Labute approximate surface area is 157 Å². The zero-order valence-corrected chi connectivity index (χ0v) is 15.9. The van der Waals surface area contributed by atoms with E-state index in [0.717, 1.165) is 36.7 Å². The van der Waals surface area contributed by atoms with Crippen LogP contribution in [0.15, 0.2) is 42.6 Å². The Bertz CT molecular complexity index is 739. The summed E-state index contributed by atoms with van der Waals surface area (Å²) in [6, 6.07) is 11.8. The molecule has 0 radical (unpaired) electrons. The lowest BCUT2D eigenvalue weighted by Crippen LogP contribution is -2.32. The minimum atomic E-state index is -0.0322. The SMILES string of the molecule is O=C1CCN(Cc2ccccc2)C(=O)c2c1ccn2CCCCCBr. The van der Waals surface area contributed by atoms with Crippen molar-refractivity contribution in [3.63, 3.8) is 0 Å². The van der Waals surface area contributed by atoms with Gasteiger partial charge in [-0.1, -0.05) is 52.7 Å². The third-order valence-electron chi connectivity index (χ3n) is 4.61. The third-order valence-corrected chi connectivity index (χ3v) is 5.17. The molecule has 0 bridgehead atoms. The van der Waals surface area contributed by atoms with Gasteiger partial charge in [0, 0.05) is 43.1 Å². The fraction of sp³-hybridized carbons (Fsp3) is 0.400. The van der Waals surface area contributed by atoms with E-state index >= 15 is 0 Å². The minimum absolute atomic E-state index is 0.0322. The second-order valence-electron chi connectivity index (χ2n) is 6.41. The molecule has 4 nitrogen and oxygen atoms in total. The third kappa shape index (κ3) is 4.21. The number of halogens is 1. The minimum Gasteiger partial charge on any atom is -0.343 e. The highest BCUT2D eigenvalue weighted by molar-refractivity contribution is 9.09. The van der Waals surface area contributed by atoms with Crippen LogP contribution in [0.25, 0.3) is 0 Å². The van der Waals surface area contributed by atoms with Gasteiger partial charge in [0.25, 0.3) is 5.91 Å². The maximum absolute atomic E-state index is 13.1. The molecule has 2 aromatic rings. The van der Waals surface area contributed by atoms with Gasteiger partial charge in [0.2, 0.25) is 0 Å². The lowest BCUT2D eigenvalue weighted by molar-refractivity contribution is 0.0735. The molecular weight excluding hydrogens is 380 g/mol. The first-order valence-corrected chi connectivity index (χ1v) is 9.94. The van der Waals surface area contributed by atoms with Crippen LogP contribution in [0.3, 0.4) is 0 Å². The Morgan fingerprint density at radius 2 is 1.80 bits per heavy atom. The van der Waals surface area contributed by atoms with Gasteiger partial charge in [0.05, 0.1) is 0 Å². The Morgan fingerprint density at radius 1 is 1.00 bits per heavy atom. The number of alkyl halides is 1. The number of carbonyl (C=O) groups excluding carboxylic acids is 2. The number of ketones is 1. The normalized spacial score (nSPS) is 14.5. The van der Waals surface area contributed by atoms with Crippen LogP contribution in [0.4, 0.5) is 0 Å². The molecule has 3 rings (SSSR count). The van der Waals surface area contributed by atoms with Crippen LogP contribution in [-0.2, 0) is 13.1 Å². The first-order chi connectivity index (χ1) is 12.2. The quantitative estimate of drug-likeness (QED) is 0.512. The fourth-order valence-corrected chi connectivity index (χ4v) is 3.65. The number of aromatic nitrogens is 1. The lowest BCUT2D eigenvalue weighted by Gasteiger charge is -2.21. The van der Waals surface area contributed by atoms with Gasteiger partial charge >= 0.3 is 0 Å². The summed E-state index contributed by atoms with van der Waals surface area (Å²) in [5.41, 5.74) is 2.24. The molecule has 1 aromatic heterocycles. The van der Waals surface area contributed by atoms with E-state index in [1.807, 2.05) is 47.2 Å². The van der Waals surface area contributed by atoms with E-state index < -0.39 is 0 Å². The number of benzene rings is 1. The Balaban J connectivity index is 1.81. The van der Waals surface area contributed by atoms with Crippen molar-refractivity contribution >= 4 is 27.6 Å². The number of Topliss-reactive ketones (excluding diaryl/α,β-unsaturated/α-hetero) is 1. The number of nitrogens with zero attached hydrogens (tertiary/aromatic N) is 2. The number of aryl methyl sites for hydroxylation is 1. The zero-order chi connectivity index (χ0) is 17.6. The number of fused-ring (bicyclic) bond motifs is 1. The number of unbranched alkanes of at least 4 members (excludes halogenated alkanes) is 2. The molecule has 0 unspecified atom stereocenters. The predicted molar refractivity (Wildman–Crippen MR) is 102 cm³/mol. The number of amides is 1. The number of carbonyl (C=O) groups is 2. The van der Waals surface area contributed by atoms with Crippen molar-refractivity contribution in [2.75, 3.05) is 11.9 Å². The van der Waals surface area contributed by atoms with E-state index in [9.17, 15) is 9.59 Å². The van der Waals surface area contributed by atoms with Crippen molar-refractivity contribution in [2.45, 2.75) is 38.8 Å². The molecule has 0 saturated carbocycles. The van der Waals surface area contributed by atoms with Gasteiger partial charge < -0.3 is 9.47 Å². The molecule has 0 spiro atoms. The summed E-state index contributed by atoms with van der Waals surface area (Å²) in [6.45, 7) is 1.80. The number of hydrogen-bond donors (Lipinski definition) is 0. The molecule has 2 heterocycles.